The third-order valence-electron chi connectivity index (χ3n) is 6.69. The van der Waals surface area contributed by atoms with Gasteiger partial charge in [-0.25, -0.2) is 18.9 Å². The largest absolute Gasteiger partial charge is 0.349 e. The second kappa shape index (κ2) is 8.28. The van der Waals surface area contributed by atoms with E-state index in [0.717, 1.165) is 30.8 Å². The molecule has 0 unspecified atom stereocenters. The van der Waals surface area contributed by atoms with Gasteiger partial charge in [0.2, 0.25) is 0 Å². The van der Waals surface area contributed by atoms with E-state index in [1.54, 1.807) is 48.3 Å². The first-order valence-electron chi connectivity index (χ1n) is 11.7. The van der Waals surface area contributed by atoms with Gasteiger partial charge < -0.3 is 14.4 Å². The van der Waals surface area contributed by atoms with Gasteiger partial charge in [-0.3, -0.25) is 0 Å². The number of fused-ring (bicyclic) bond motifs is 2. The Balaban J connectivity index is 1.43. The Bertz CT molecular complexity index is 1730. The summed E-state index contributed by atoms with van der Waals surface area (Å²) >= 11 is 0. The van der Waals surface area contributed by atoms with Crippen LogP contribution in [-0.2, 0) is 4.57 Å². The molecule has 0 aliphatic carbocycles. The smallest absolute Gasteiger partial charge is 0.168 e. The van der Waals surface area contributed by atoms with Crippen molar-refractivity contribution in [2.24, 2.45) is 0 Å². The van der Waals surface area contributed by atoms with Gasteiger partial charge in [-0.1, -0.05) is 12.1 Å². The molecule has 180 valence electrons. The van der Waals surface area contributed by atoms with E-state index in [1.807, 2.05) is 18.3 Å². The molecule has 1 fully saturated rings. The average molecular weight is 499 g/mol. The number of aromatic nitrogens is 5. The maximum absolute atomic E-state index is 13.9. The van der Waals surface area contributed by atoms with Crippen molar-refractivity contribution in [1.82, 2.24) is 24.6 Å². The number of rotatable bonds is 4. The number of benzene rings is 2. The molecular weight excluding hydrogens is 476 g/mol. The van der Waals surface area contributed by atoms with Crippen LogP contribution in [0.4, 0.5) is 10.2 Å². The summed E-state index contributed by atoms with van der Waals surface area (Å²) in [7, 11) is -2.65. The second-order valence-corrected chi connectivity index (χ2v) is 12.6. The first kappa shape index (κ1) is 22.4. The molecule has 0 amide bonds. The van der Waals surface area contributed by atoms with Crippen LogP contribution in [0.2, 0.25) is 0 Å². The minimum atomic E-state index is -2.65. The SMILES string of the molecule is CP(C)(=O)c1cc2[nH]c(-c3cnn4ccc(N5CCC[C@@H]5c5cccc(F)c5)nc34)nc2cc1C#N. The molecule has 6 rings (SSSR count). The number of hydrogen-bond acceptors (Lipinski definition) is 6. The van der Waals surface area contributed by atoms with Gasteiger partial charge in [0.05, 0.1) is 40.5 Å². The molecule has 1 saturated heterocycles. The zero-order chi connectivity index (χ0) is 25.0. The Hall–Kier alpha value is -4.02. The van der Waals surface area contributed by atoms with Crippen molar-refractivity contribution in [3.63, 3.8) is 0 Å². The first-order valence-corrected chi connectivity index (χ1v) is 14.3. The van der Waals surface area contributed by atoms with Gasteiger partial charge in [0, 0.05) is 18.0 Å². The van der Waals surface area contributed by atoms with E-state index in [0.29, 0.717) is 38.9 Å². The molecule has 0 saturated carbocycles. The lowest BCUT2D eigenvalue weighted by atomic mass is 10.0. The molecule has 36 heavy (non-hydrogen) atoms. The summed E-state index contributed by atoms with van der Waals surface area (Å²) in [6, 6.07) is 14.3. The molecule has 1 N–H and O–H groups in total. The first-order chi connectivity index (χ1) is 17.3. The van der Waals surface area contributed by atoms with Crippen molar-refractivity contribution in [2.45, 2.75) is 18.9 Å². The number of aromatic amines is 1. The highest BCUT2D eigenvalue weighted by Gasteiger charge is 2.28. The van der Waals surface area contributed by atoms with E-state index < -0.39 is 7.14 Å². The Kier molecular flexibility index (Phi) is 5.16. The van der Waals surface area contributed by atoms with Crippen molar-refractivity contribution in [3.05, 3.63) is 71.8 Å². The van der Waals surface area contributed by atoms with E-state index >= 15 is 0 Å². The summed E-state index contributed by atoms with van der Waals surface area (Å²) in [4.78, 5) is 15.1. The zero-order valence-corrected chi connectivity index (χ0v) is 20.7. The van der Waals surface area contributed by atoms with Crippen LogP contribution < -0.4 is 10.2 Å². The number of halogens is 1. The fourth-order valence-electron chi connectivity index (χ4n) is 5.00. The van der Waals surface area contributed by atoms with Gasteiger partial charge >= 0.3 is 0 Å². The number of imidazole rings is 1. The Morgan fingerprint density at radius 3 is 2.83 bits per heavy atom. The van der Waals surface area contributed by atoms with Crippen molar-refractivity contribution >= 4 is 34.9 Å². The zero-order valence-electron chi connectivity index (χ0n) is 19.8. The number of anilines is 1. The topological polar surface area (TPSA) is 103 Å². The maximum Gasteiger partial charge on any atom is 0.168 e. The lowest BCUT2D eigenvalue weighted by molar-refractivity contribution is 0.588. The highest BCUT2D eigenvalue weighted by atomic mass is 31.2. The second-order valence-electron chi connectivity index (χ2n) is 9.45. The fraction of sp³-hybridized carbons (Fsp3) is 0.231. The fourth-order valence-corrected chi connectivity index (χ4v) is 6.13. The van der Waals surface area contributed by atoms with Gasteiger partial charge in [-0.05, 0) is 62.1 Å². The third-order valence-corrected chi connectivity index (χ3v) is 8.22. The van der Waals surface area contributed by atoms with E-state index in [9.17, 15) is 14.2 Å². The number of H-pyrrole nitrogens is 1. The van der Waals surface area contributed by atoms with E-state index in [2.05, 4.69) is 21.1 Å². The van der Waals surface area contributed by atoms with Crippen LogP contribution >= 0.6 is 7.14 Å². The minimum Gasteiger partial charge on any atom is -0.349 e. The molecule has 10 heteroatoms. The van der Waals surface area contributed by atoms with Crippen LogP contribution in [-0.4, -0.2) is 44.4 Å². The molecular formula is C26H23FN7OP. The maximum atomic E-state index is 13.9. The van der Waals surface area contributed by atoms with Crippen molar-refractivity contribution in [3.8, 4) is 17.5 Å². The van der Waals surface area contributed by atoms with Gasteiger partial charge in [0.1, 0.15) is 24.6 Å². The quantitative estimate of drug-likeness (QED) is 0.354. The van der Waals surface area contributed by atoms with Gasteiger partial charge in [0.25, 0.3) is 0 Å². The Labute approximate surface area is 206 Å². The average Bonchev–Trinajstić information content (AvgIpc) is 3.59. The highest BCUT2D eigenvalue weighted by Crippen LogP contribution is 2.38. The molecule has 5 aromatic rings. The van der Waals surface area contributed by atoms with Gasteiger partial charge in [-0.2, -0.15) is 10.4 Å². The summed E-state index contributed by atoms with van der Waals surface area (Å²) < 4.78 is 28.3. The molecule has 8 nitrogen and oxygen atoms in total. The third kappa shape index (κ3) is 3.75. The molecule has 0 spiro atoms. The predicted molar refractivity (Wildman–Crippen MR) is 138 cm³/mol. The molecule has 3 aromatic heterocycles. The monoisotopic (exact) mass is 499 g/mol. The van der Waals surface area contributed by atoms with Crippen LogP contribution in [0.1, 0.15) is 30.0 Å². The summed E-state index contributed by atoms with van der Waals surface area (Å²) in [5.41, 5.74) is 3.96. The molecule has 0 bridgehead atoms. The lowest BCUT2D eigenvalue weighted by Gasteiger charge is -2.26. The van der Waals surface area contributed by atoms with E-state index in [1.165, 1.54) is 6.07 Å². The predicted octanol–water partition coefficient (Wildman–Crippen LogP) is 4.87. The molecule has 4 heterocycles. The van der Waals surface area contributed by atoms with Crippen LogP contribution in [0.25, 0.3) is 28.1 Å². The molecule has 0 radical (unpaired) electrons. The van der Waals surface area contributed by atoms with Gasteiger partial charge in [0.15, 0.2) is 5.65 Å². The number of nitrogens with one attached hydrogen (secondary N) is 1. The van der Waals surface area contributed by atoms with Crippen LogP contribution in [0.5, 0.6) is 0 Å². The van der Waals surface area contributed by atoms with E-state index in [-0.39, 0.29) is 11.9 Å². The molecule has 1 atom stereocenters. The molecule has 1 aliphatic heterocycles. The van der Waals surface area contributed by atoms with Crippen LogP contribution in [0, 0.1) is 17.1 Å². The Morgan fingerprint density at radius 2 is 2.06 bits per heavy atom. The van der Waals surface area contributed by atoms with Crippen LogP contribution in [0.3, 0.4) is 0 Å². The normalized spacial score (nSPS) is 16.2. The standard InChI is InChI=1S/C26H23FN7OP/c1-36(2,35)23-13-21-20(12-17(23)14-28)30-25(31-21)19-15-29-34-10-8-24(32-26(19)34)33-9-4-7-22(33)16-5-3-6-18(27)11-16/h3,5-6,8,10-13,15,22H,4,7,9H2,1-2H3,(H,30,31)/t22-/m1/s1. The van der Waals surface area contributed by atoms with Crippen molar-refractivity contribution in [1.29, 1.82) is 5.26 Å². The summed E-state index contributed by atoms with van der Waals surface area (Å²) in [5.74, 6) is 1.12. The van der Waals surface area contributed by atoms with E-state index in [4.69, 9.17) is 9.97 Å². The van der Waals surface area contributed by atoms with Crippen molar-refractivity contribution < 1.29 is 8.96 Å². The number of nitrogens with zero attached hydrogens (tertiary/aromatic N) is 6. The van der Waals surface area contributed by atoms with Crippen molar-refractivity contribution in [2.75, 3.05) is 24.8 Å². The number of hydrogen-bond donors (Lipinski definition) is 1. The molecule has 2 aromatic carbocycles. The molecule has 1 aliphatic rings. The summed E-state index contributed by atoms with van der Waals surface area (Å²) in [6.07, 6.45) is 5.48. The number of nitriles is 1. The van der Waals surface area contributed by atoms with Gasteiger partial charge in [-0.15, -0.1) is 0 Å². The summed E-state index contributed by atoms with van der Waals surface area (Å²) in [5, 5.41) is 14.5. The highest BCUT2D eigenvalue weighted by molar-refractivity contribution is 7.70. The summed E-state index contributed by atoms with van der Waals surface area (Å²) in [6.45, 7) is 4.13. The van der Waals surface area contributed by atoms with Crippen LogP contribution in [0.15, 0.2) is 54.9 Å². The lowest BCUT2D eigenvalue weighted by Crippen LogP contribution is -2.23. The minimum absolute atomic E-state index is 0.0508. The Morgan fingerprint density at radius 1 is 1.19 bits per heavy atom.